The van der Waals surface area contributed by atoms with Gasteiger partial charge < -0.3 is 24.7 Å². The van der Waals surface area contributed by atoms with Crippen molar-refractivity contribution in [2.24, 2.45) is 0 Å². The van der Waals surface area contributed by atoms with Gasteiger partial charge in [-0.3, -0.25) is 0 Å². The molecule has 33 heavy (non-hydrogen) atoms. The van der Waals surface area contributed by atoms with E-state index < -0.39 is 18.3 Å². The summed E-state index contributed by atoms with van der Waals surface area (Å²) in [5.41, 5.74) is 2.28. The minimum absolute atomic E-state index is 0.263. The molecule has 180 valence electrons. The molecule has 0 bridgehead atoms. The average Bonchev–Trinajstić information content (AvgIpc) is 2.83. The first-order valence-corrected chi connectivity index (χ1v) is 14.0. The first-order valence-electron chi connectivity index (χ1n) is 11.6. The molecule has 8 heteroatoms. The summed E-state index contributed by atoms with van der Waals surface area (Å²) in [6.45, 7) is 7.96. The molecule has 2 heterocycles. The summed E-state index contributed by atoms with van der Waals surface area (Å²) in [6.07, 6.45) is -2.54. The van der Waals surface area contributed by atoms with Crippen LogP contribution in [0.5, 0.6) is 0 Å². The summed E-state index contributed by atoms with van der Waals surface area (Å²) >= 11 is 9.66. The molecule has 0 spiro atoms. The van der Waals surface area contributed by atoms with Crippen molar-refractivity contribution in [2.45, 2.75) is 54.3 Å². The van der Waals surface area contributed by atoms with E-state index in [1.807, 2.05) is 36.4 Å². The second-order valence-corrected chi connectivity index (χ2v) is 11.1. The second-order valence-electron chi connectivity index (χ2n) is 8.46. The van der Waals surface area contributed by atoms with E-state index in [0.717, 1.165) is 42.5 Å². The Morgan fingerprint density at radius 2 is 1.85 bits per heavy atom. The Morgan fingerprint density at radius 1 is 1.09 bits per heavy atom. The third-order valence-electron chi connectivity index (χ3n) is 6.41. The number of fused-ring (bicyclic) bond motifs is 2. The topological polar surface area (TPSA) is 56.2 Å². The number of benzene rings is 2. The van der Waals surface area contributed by atoms with E-state index in [2.05, 4.69) is 35.8 Å². The van der Waals surface area contributed by atoms with Crippen molar-refractivity contribution in [1.29, 1.82) is 0 Å². The van der Waals surface area contributed by atoms with Gasteiger partial charge in [-0.25, -0.2) is 0 Å². The molecule has 0 aromatic heterocycles. The van der Waals surface area contributed by atoms with E-state index in [1.165, 1.54) is 5.56 Å². The van der Waals surface area contributed by atoms with Crippen molar-refractivity contribution in [2.75, 3.05) is 36.8 Å². The molecule has 5 nitrogen and oxygen atoms in total. The zero-order valence-electron chi connectivity index (χ0n) is 19.1. The number of likely N-dealkylation sites (N-methyl/N-ethyl adjacent to an activating group) is 1. The van der Waals surface area contributed by atoms with E-state index in [1.54, 1.807) is 23.5 Å². The Morgan fingerprint density at radius 3 is 2.58 bits per heavy atom. The number of rotatable bonds is 9. The van der Waals surface area contributed by atoms with Crippen LogP contribution >= 0.6 is 35.1 Å². The zero-order valence-corrected chi connectivity index (χ0v) is 21.5. The molecule has 2 aromatic carbocycles. The van der Waals surface area contributed by atoms with E-state index >= 15 is 0 Å². The fourth-order valence-electron chi connectivity index (χ4n) is 4.44. The van der Waals surface area contributed by atoms with Crippen LogP contribution in [0, 0.1) is 0 Å². The SMILES string of the molecule is CCN(CC)CCN1c2cc(Cl)ccc2S[C@H]2[C@@H](O)[C@H](O)[C@@H](CSCc3ccccc3)O[C@H]21. The molecule has 0 aliphatic carbocycles. The van der Waals surface area contributed by atoms with Gasteiger partial charge in [0.15, 0.2) is 0 Å². The number of anilines is 1. The predicted molar refractivity (Wildman–Crippen MR) is 140 cm³/mol. The summed E-state index contributed by atoms with van der Waals surface area (Å²) in [7, 11) is 0. The Hall–Kier alpha value is -0.930. The lowest BCUT2D eigenvalue weighted by molar-refractivity contribution is -0.155. The van der Waals surface area contributed by atoms with Crippen LogP contribution in [0.15, 0.2) is 53.4 Å². The van der Waals surface area contributed by atoms with Gasteiger partial charge in [-0.15, -0.1) is 11.8 Å². The van der Waals surface area contributed by atoms with Gasteiger partial charge in [0.2, 0.25) is 0 Å². The van der Waals surface area contributed by atoms with Crippen LogP contribution in [0.3, 0.4) is 0 Å². The summed E-state index contributed by atoms with van der Waals surface area (Å²) in [5, 5.41) is 22.4. The maximum absolute atomic E-state index is 11.1. The summed E-state index contributed by atoms with van der Waals surface area (Å²) in [6, 6.07) is 16.2. The van der Waals surface area contributed by atoms with Crippen molar-refractivity contribution < 1.29 is 14.9 Å². The Kier molecular flexibility index (Phi) is 8.90. The van der Waals surface area contributed by atoms with Crippen LogP contribution in [-0.2, 0) is 10.5 Å². The van der Waals surface area contributed by atoms with Crippen molar-refractivity contribution in [1.82, 2.24) is 4.90 Å². The highest BCUT2D eigenvalue weighted by Gasteiger charge is 2.49. The largest absolute Gasteiger partial charge is 0.389 e. The van der Waals surface area contributed by atoms with E-state index in [-0.39, 0.29) is 11.5 Å². The van der Waals surface area contributed by atoms with Crippen LogP contribution in [0.4, 0.5) is 5.69 Å². The Balaban J connectivity index is 1.52. The van der Waals surface area contributed by atoms with Crippen LogP contribution < -0.4 is 4.90 Å². The van der Waals surface area contributed by atoms with Gasteiger partial charge in [0.25, 0.3) is 0 Å². The normalized spacial score (nSPS) is 26.8. The highest BCUT2D eigenvalue weighted by molar-refractivity contribution is 8.00. The van der Waals surface area contributed by atoms with Gasteiger partial charge in [0, 0.05) is 34.5 Å². The highest BCUT2D eigenvalue weighted by atomic mass is 35.5. The average molecular weight is 509 g/mol. The number of hydrogen-bond acceptors (Lipinski definition) is 7. The molecule has 0 saturated carbocycles. The van der Waals surface area contributed by atoms with Crippen molar-refractivity contribution >= 4 is 40.8 Å². The number of thioether (sulfide) groups is 2. The standard InChI is InChI=1S/C25H33ClN2O3S2/c1-3-27(4-2)12-13-28-19-14-18(26)10-11-21(19)33-24-23(30)22(29)20(31-25(24)28)16-32-15-17-8-6-5-7-9-17/h5-11,14,20,22-25,29-30H,3-4,12-13,15-16H2,1-2H3/t20-,22-,23+,24+,25-/m1/s1. The number of aliphatic hydroxyl groups is 2. The molecule has 0 amide bonds. The summed E-state index contributed by atoms with van der Waals surface area (Å²) in [4.78, 5) is 5.68. The molecule has 1 saturated heterocycles. The maximum Gasteiger partial charge on any atom is 0.145 e. The summed E-state index contributed by atoms with van der Waals surface area (Å²) < 4.78 is 6.53. The smallest absolute Gasteiger partial charge is 0.145 e. The molecule has 5 atom stereocenters. The molecular weight excluding hydrogens is 476 g/mol. The van der Waals surface area contributed by atoms with Gasteiger partial charge in [-0.1, -0.05) is 55.8 Å². The molecule has 2 N–H and O–H groups in total. The van der Waals surface area contributed by atoms with Crippen LogP contribution in [0.2, 0.25) is 5.02 Å². The third-order valence-corrected chi connectivity index (χ3v) is 9.13. The molecular formula is C25H33ClN2O3S2. The Labute approximate surface area is 210 Å². The van der Waals surface area contributed by atoms with Crippen LogP contribution in [-0.4, -0.2) is 76.8 Å². The van der Waals surface area contributed by atoms with Gasteiger partial charge >= 0.3 is 0 Å². The first kappa shape index (κ1) is 25.2. The maximum atomic E-state index is 11.1. The quantitative estimate of drug-likeness (QED) is 0.522. The molecule has 4 rings (SSSR count). The Bertz CT molecular complexity index is 902. The van der Waals surface area contributed by atoms with E-state index in [4.69, 9.17) is 16.3 Å². The highest BCUT2D eigenvalue weighted by Crippen LogP contribution is 2.47. The number of nitrogens with zero attached hydrogens (tertiary/aromatic N) is 2. The lowest BCUT2D eigenvalue weighted by Crippen LogP contribution is -2.63. The van der Waals surface area contributed by atoms with E-state index in [0.29, 0.717) is 10.8 Å². The summed E-state index contributed by atoms with van der Waals surface area (Å²) in [5.74, 6) is 1.46. The van der Waals surface area contributed by atoms with Gasteiger partial charge in [0.1, 0.15) is 12.3 Å². The van der Waals surface area contributed by atoms with Crippen molar-refractivity contribution in [3.8, 4) is 0 Å². The monoisotopic (exact) mass is 508 g/mol. The fourth-order valence-corrected chi connectivity index (χ4v) is 7.02. The van der Waals surface area contributed by atoms with Gasteiger partial charge in [0.05, 0.1) is 23.1 Å². The van der Waals surface area contributed by atoms with Crippen LogP contribution in [0.1, 0.15) is 19.4 Å². The number of hydrogen-bond donors (Lipinski definition) is 2. The van der Waals surface area contributed by atoms with E-state index in [9.17, 15) is 10.2 Å². The third kappa shape index (κ3) is 5.84. The van der Waals surface area contributed by atoms with Gasteiger partial charge in [-0.2, -0.15) is 11.8 Å². The number of halogens is 1. The predicted octanol–water partition coefficient (Wildman–Crippen LogP) is 4.34. The number of aliphatic hydroxyl groups excluding tert-OH is 2. The van der Waals surface area contributed by atoms with Crippen molar-refractivity contribution in [3.63, 3.8) is 0 Å². The second kappa shape index (κ2) is 11.7. The molecule has 2 aliphatic heterocycles. The fraction of sp³-hybridized carbons (Fsp3) is 0.520. The lowest BCUT2D eigenvalue weighted by Gasteiger charge is -2.50. The molecule has 0 unspecified atom stereocenters. The molecule has 0 radical (unpaired) electrons. The zero-order chi connectivity index (χ0) is 23.4. The molecule has 2 aliphatic rings. The number of ether oxygens (including phenoxy) is 1. The molecule has 1 fully saturated rings. The minimum atomic E-state index is -0.916. The lowest BCUT2D eigenvalue weighted by atomic mass is 9.99. The van der Waals surface area contributed by atoms with Crippen LogP contribution in [0.25, 0.3) is 0 Å². The molecule has 2 aromatic rings. The van der Waals surface area contributed by atoms with Gasteiger partial charge in [-0.05, 0) is 36.9 Å². The first-order chi connectivity index (χ1) is 16.0. The van der Waals surface area contributed by atoms with Crippen molar-refractivity contribution in [3.05, 3.63) is 59.1 Å². The minimum Gasteiger partial charge on any atom is -0.389 e.